The van der Waals surface area contributed by atoms with Crippen molar-refractivity contribution < 1.29 is 19.5 Å². The van der Waals surface area contributed by atoms with Crippen molar-refractivity contribution in [2.45, 2.75) is 42.4 Å². The Labute approximate surface area is 198 Å². The van der Waals surface area contributed by atoms with Crippen LogP contribution in [0.2, 0.25) is 0 Å². The Hall–Kier alpha value is -2.39. The van der Waals surface area contributed by atoms with Crippen LogP contribution < -0.4 is 4.87 Å². The van der Waals surface area contributed by atoms with Crippen molar-refractivity contribution in [3.05, 3.63) is 49.9 Å². The Morgan fingerprint density at radius 2 is 1.82 bits per heavy atom. The second kappa shape index (κ2) is 7.56. The monoisotopic (exact) mass is 484 g/mol. The number of thioether (sulfide) groups is 1. The second-order valence-corrected chi connectivity index (χ2v) is 11.9. The molecule has 7 nitrogen and oxygen atoms in total. The number of benzene rings is 1. The van der Waals surface area contributed by atoms with Crippen molar-refractivity contribution in [1.29, 1.82) is 0 Å². The molecule has 2 amide bonds. The van der Waals surface area contributed by atoms with Gasteiger partial charge in [0.25, 0.3) is 0 Å². The molecule has 2 bridgehead atoms. The molecular weight excluding hydrogens is 460 g/mol. The smallest absolute Gasteiger partial charge is 0.305 e. The van der Waals surface area contributed by atoms with Gasteiger partial charge in [-0.15, -0.1) is 11.8 Å². The summed E-state index contributed by atoms with van der Waals surface area (Å²) in [6, 6.07) is 8.44. The lowest BCUT2D eigenvalue weighted by Crippen LogP contribution is -2.42. The van der Waals surface area contributed by atoms with Crippen molar-refractivity contribution in [2.24, 2.45) is 29.6 Å². The number of hydrogen-bond acceptors (Lipinski definition) is 6. The molecule has 0 radical (unpaired) electrons. The van der Waals surface area contributed by atoms with Crippen LogP contribution in [0.5, 0.6) is 0 Å². The van der Waals surface area contributed by atoms with Crippen LogP contribution >= 0.6 is 23.1 Å². The molecule has 1 aromatic carbocycles. The van der Waals surface area contributed by atoms with Crippen LogP contribution in [0.25, 0.3) is 0 Å². The van der Waals surface area contributed by atoms with Crippen LogP contribution in [0, 0.1) is 36.5 Å². The molecule has 2 aliphatic carbocycles. The van der Waals surface area contributed by atoms with Crippen LogP contribution in [0.3, 0.4) is 0 Å². The lowest BCUT2D eigenvalue weighted by molar-refractivity contribution is -0.142. The van der Waals surface area contributed by atoms with E-state index in [2.05, 4.69) is 29.2 Å². The zero-order valence-electron chi connectivity index (χ0n) is 18.0. The first-order chi connectivity index (χ1) is 15.8. The number of likely N-dealkylation sites (tertiary alicyclic amines) is 1. The number of carbonyl (C=O) groups excluding carboxylic acids is 2. The maximum atomic E-state index is 13.4. The van der Waals surface area contributed by atoms with Crippen LogP contribution in [0.4, 0.5) is 0 Å². The Morgan fingerprint density at radius 1 is 1.12 bits per heavy atom. The van der Waals surface area contributed by atoms with Crippen molar-refractivity contribution in [3.63, 3.8) is 0 Å². The van der Waals surface area contributed by atoms with Gasteiger partial charge in [-0.3, -0.25) is 24.1 Å². The number of aromatic amines is 1. The van der Waals surface area contributed by atoms with E-state index in [1.165, 1.54) is 21.8 Å². The van der Waals surface area contributed by atoms with Gasteiger partial charge >= 0.3 is 10.8 Å². The maximum Gasteiger partial charge on any atom is 0.305 e. The van der Waals surface area contributed by atoms with Gasteiger partial charge in [-0.1, -0.05) is 41.2 Å². The summed E-state index contributed by atoms with van der Waals surface area (Å²) in [6.07, 6.45) is 1.09. The predicted octanol–water partition coefficient (Wildman–Crippen LogP) is 3.08. The number of imide groups is 1. The van der Waals surface area contributed by atoms with E-state index in [0.717, 1.165) is 21.9 Å². The fourth-order valence-corrected chi connectivity index (χ4v) is 9.72. The summed E-state index contributed by atoms with van der Waals surface area (Å²) in [4.78, 5) is 55.1. The summed E-state index contributed by atoms with van der Waals surface area (Å²) >= 11 is 2.95. The number of aromatic nitrogens is 1. The molecule has 0 spiro atoms. The van der Waals surface area contributed by atoms with Gasteiger partial charge in [0.2, 0.25) is 11.8 Å². The number of carbonyl (C=O) groups is 3. The highest BCUT2D eigenvalue weighted by molar-refractivity contribution is 8.00. The number of nitrogens with zero attached hydrogens (tertiary/aromatic N) is 1. The number of fused-ring (bicyclic) bond motifs is 9. The number of carboxylic acids is 1. The third-order valence-electron chi connectivity index (χ3n) is 8.02. The first-order valence-electron chi connectivity index (χ1n) is 11.4. The predicted molar refractivity (Wildman–Crippen MR) is 123 cm³/mol. The van der Waals surface area contributed by atoms with E-state index in [0.29, 0.717) is 0 Å². The normalized spacial score (nSPS) is 33.8. The lowest BCUT2D eigenvalue weighted by atomic mass is 9.68. The van der Waals surface area contributed by atoms with Gasteiger partial charge in [0.05, 0.1) is 16.9 Å². The molecule has 2 aliphatic heterocycles. The van der Waals surface area contributed by atoms with Crippen molar-refractivity contribution in [2.75, 3.05) is 6.54 Å². The Morgan fingerprint density at radius 3 is 2.52 bits per heavy atom. The van der Waals surface area contributed by atoms with Gasteiger partial charge in [0.15, 0.2) is 0 Å². The molecule has 1 aromatic heterocycles. The van der Waals surface area contributed by atoms with Crippen LogP contribution in [0.1, 0.15) is 41.2 Å². The van der Waals surface area contributed by atoms with Crippen LogP contribution in [-0.4, -0.2) is 44.6 Å². The summed E-state index contributed by atoms with van der Waals surface area (Å²) in [7, 11) is 0. The van der Waals surface area contributed by atoms with E-state index in [1.54, 1.807) is 11.8 Å². The molecule has 2 N–H and O–H groups in total. The quantitative estimate of drug-likeness (QED) is 0.632. The van der Waals surface area contributed by atoms with E-state index in [-0.39, 0.29) is 76.8 Å². The number of rotatable bonds is 5. The minimum atomic E-state index is -0.919. The van der Waals surface area contributed by atoms with Crippen LogP contribution in [0.15, 0.2) is 34.1 Å². The summed E-state index contributed by atoms with van der Waals surface area (Å²) in [6.45, 7) is 2.23. The minimum Gasteiger partial charge on any atom is -0.481 e. The van der Waals surface area contributed by atoms with Gasteiger partial charge in [0, 0.05) is 29.0 Å². The molecule has 3 heterocycles. The number of aryl methyl sites for hydroxylation is 1. The molecule has 9 heteroatoms. The molecule has 172 valence electrons. The average Bonchev–Trinajstić information content (AvgIpc) is 3.49. The second-order valence-electron chi connectivity index (χ2n) is 9.70. The minimum absolute atomic E-state index is 0.0377. The number of H-pyrrole nitrogens is 1. The molecule has 1 saturated heterocycles. The first kappa shape index (κ1) is 21.2. The number of amides is 2. The van der Waals surface area contributed by atoms with Gasteiger partial charge in [0.1, 0.15) is 0 Å². The third kappa shape index (κ3) is 3.08. The van der Waals surface area contributed by atoms with Gasteiger partial charge in [-0.05, 0) is 43.1 Å². The number of aliphatic carboxylic acids is 1. The summed E-state index contributed by atoms with van der Waals surface area (Å²) in [5, 5.41) is 10.0. The highest BCUT2D eigenvalue weighted by Gasteiger charge is 2.69. The number of nitrogens with one attached hydrogen (secondary N) is 1. The zero-order valence-corrected chi connectivity index (χ0v) is 19.7. The first-order valence-corrected chi connectivity index (χ1v) is 13.1. The van der Waals surface area contributed by atoms with Crippen molar-refractivity contribution in [1.82, 2.24) is 9.88 Å². The Bertz CT molecular complexity index is 1220. The molecule has 2 saturated carbocycles. The van der Waals surface area contributed by atoms with Gasteiger partial charge < -0.3 is 10.1 Å². The molecule has 7 atom stereocenters. The maximum absolute atomic E-state index is 13.4. The van der Waals surface area contributed by atoms with E-state index < -0.39 is 5.97 Å². The molecule has 33 heavy (non-hydrogen) atoms. The largest absolute Gasteiger partial charge is 0.481 e. The van der Waals surface area contributed by atoms with E-state index in [1.807, 2.05) is 6.92 Å². The Balaban J connectivity index is 1.37. The summed E-state index contributed by atoms with van der Waals surface area (Å²) in [5.41, 5.74) is 2.33. The zero-order chi connectivity index (χ0) is 23.0. The molecule has 2 aromatic rings. The molecule has 3 fully saturated rings. The van der Waals surface area contributed by atoms with E-state index >= 15 is 0 Å². The van der Waals surface area contributed by atoms with E-state index in [4.69, 9.17) is 5.11 Å². The standard InChI is InChI=1S/C24H24N2O5S2/c1-10-4-6-11(7-5-10)15-16-12-9-13(19(16)32-21-20(15)33-24(31)25-21)18-17(12)22(29)26(23(18)30)8-2-3-14(27)28/h4-7,12-13,15-19H,2-3,8-9H2,1H3,(H,25,31)(H,27,28)/t12-,13-,15-,16-,17+,18+,19-/m1/s1. The van der Waals surface area contributed by atoms with Gasteiger partial charge in [-0.25, -0.2) is 0 Å². The highest BCUT2D eigenvalue weighted by Crippen LogP contribution is 2.68. The lowest BCUT2D eigenvalue weighted by Gasteiger charge is -2.43. The third-order valence-corrected chi connectivity index (χ3v) is 10.6. The highest BCUT2D eigenvalue weighted by atomic mass is 32.2. The molecule has 4 aliphatic rings. The summed E-state index contributed by atoms with van der Waals surface area (Å²) < 4.78 is 0. The molecule has 0 unspecified atom stereocenters. The average molecular weight is 485 g/mol. The fourth-order valence-electron chi connectivity index (χ4n) is 6.83. The van der Waals surface area contributed by atoms with E-state index in [9.17, 15) is 19.2 Å². The molecular formula is C24H24N2O5S2. The molecule has 6 rings (SSSR count). The fraction of sp³-hybridized carbons (Fsp3) is 0.500. The number of hydrogen-bond donors (Lipinski definition) is 2. The Kier molecular flexibility index (Phi) is 4.85. The van der Waals surface area contributed by atoms with Crippen molar-refractivity contribution in [3.8, 4) is 0 Å². The number of thiazole rings is 1. The summed E-state index contributed by atoms with van der Waals surface area (Å²) in [5.74, 6) is -1.38. The van der Waals surface area contributed by atoms with Crippen molar-refractivity contribution >= 4 is 40.9 Å². The number of carboxylic acid groups (broad SMARTS) is 1. The van der Waals surface area contributed by atoms with Crippen LogP contribution in [-0.2, 0) is 14.4 Å². The topological polar surface area (TPSA) is 108 Å². The SMILES string of the molecule is Cc1ccc([C@H]2c3sc(=O)[nH]c3S[C@@H]3[C@@H]4C[C@@H]([C@@H]5C(=O)N(CCCC(=O)O)C(=O)[C@@H]45)[C@H]23)cc1. The van der Waals surface area contributed by atoms with Gasteiger partial charge in [-0.2, -0.15) is 0 Å².